The Balaban J connectivity index is 1.50. The molecule has 0 unspecified atom stereocenters. The Bertz CT molecular complexity index is 1430. The number of nitriles is 1. The minimum absolute atomic E-state index is 0.00600. The summed E-state index contributed by atoms with van der Waals surface area (Å²) in [6.07, 6.45) is 1.53. The van der Waals surface area contributed by atoms with Crippen molar-refractivity contribution < 1.29 is 14.3 Å². The molecule has 0 saturated heterocycles. The lowest BCUT2D eigenvalue weighted by Crippen LogP contribution is -2.23. The fourth-order valence-electron chi connectivity index (χ4n) is 3.60. The zero-order chi connectivity index (χ0) is 24.6. The molecule has 0 radical (unpaired) electrons. The molecule has 6 heteroatoms. The van der Waals surface area contributed by atoms with E-state index in [1.54, 1.807) is 19.2 Å². The van der Waals surface area contributed by atoms with E-state index in [1.165, 1.54) is 11.5 Å². The van der Waals surface area contributed by atoms with Crippen LogP contribution in [0.5, 0.6) is 11.5 Å². The number of rotatable bonds is 8. The Labute approximate surface area is 212 Å². The van der Waals surface area contributed by atoms with Crippen molar-refractivity contribution in [2.45, 2.75) is 13.2 Å². The predicted molar refractivity (Wildman–Crippen MR) is 141 cm³/mol. The highest BCUT2D eigenvalue weighted by Crippen LogP contribution is 2.35. The normalized spacial score (nSPS) is 11.1. The molecule has 0 aliphatic heterocycles. The van der Waals surface area contributed by atoms with E-state index < -0.39 is 5.91 Å². The maximum atomic E-state index is 12.6. The quantitative estimate of drug-likeness (QED) is 0.212. The Kier molecular flexibility index (Phi) is 7.81. The molecule has 0 spiro atoms. The lowest BCUT2D eigenvalue weighted by atomic mass is 10.1. The van der Waals surface area contributed by atoms with Crippen LogP contribution in [0.4, 0.5) is 0 Å². The van der Waals surface area contributed by atoms with Gasteiger partial charge in [0.2, 0.25) is 0 Å². The summed E-state index contributed by atoms with van der Waals surface area (Å²) >= 11 is 3.53. The molecule has 1 N–H and O–H groups in total. The van der Waals surface area contributed by atoms with E-state index in [-0.39, 0.29) is 5.57 Å². The zero-order valence-electron chi connectivity index (χ0n) is 19.1. The van der Waals surface area contributed by atoms with Gasteiger partial charge in [-0.1, -0.05) is 82.7 Å². The topological polar surface area (TPSA) is 71.3 Å². The van der Waals surface area contributed by atoms with Crippen molar-refractivity contribution in [2.75, 3.05) is 7.11 Å². The van der Waals surface area contributed by atoms with Crippen molar-refractivity contribution in [1.29, 1.82) is 5.26 Å². The van der Waals surface area contributed by atoms with Crippen LogP contribution < -0.4 is 14.8 Å². The number of methoxy groups -OCH3 is 1. The van der Waals surface area contributed by atoms with Gasteiger partial charge >= 0.3 is 0 Å². The molecule has 4 aromatic carbocycles. The number of fused-ring (bicyclic) bond motifs is 1. The van der Waals surface area contributed by atoms with Gasteiger partial charge in [0, 0.05) is 11.0 Å². The molecular formula is C29H23BrN2O3. The Morgan fingerprint density at radius 1 is 0.943 bits per heavy atom. The molecule has 174 valence electrons. The minimum atomic E-state index is -0.446. The minimum Gasteiger partial charge on any atom is -0.493 e. The van der Waals surface area contributed by atoms with Crippen LogP contribution in [0.15, 0.2) is 95.0 Å². The molecule has 5 nitrogen and oxygen atoms in total. The van der Waals surface area contributed by atoms with E-state index in [4.69, 9.17) is 9.47 Å². The summed E-state index contributed by atoms with van der Waals surface area (Å²) < 4.78 is 12.2. The van der Waals surface area contributed by atoms with Gasteiger partial charge in [0.15, 0.2) is 11.5 Å². The van der Waals surface area contributed by atoms with Gasteiger partial charge in [-0.25, -0.2) is 0 Å². The van der Waals surface area contributed by atoms with Crippen LogP contribution in [-0.4, -0.2) is 13.0 Å². The number of hydrogen-bond donors (Lipinski definition) is 1. The Hall–Kier alpha value is -4.08. The highest BCUT2D eigenvalue weighted by Gasteiger charge is 2.14. The van der Waals surface area contributed by atoms with Crippen molar-refractivity contribution in [1.82, 2.24) is 5.32 Å². The van der Waals surface area contributed by atoms with Gasteiger partial charge in [0.05, 0.1) is 7.11 Å². The fourth-order valence-corrected chi connectivity index (χ4v) is 4.04. The number of halogens is 1. The molecule has 35 heavy (non-hydrogen) atoms. The second-order valence-corrected chi connectivity index (χ2v) is 8.69. The summed E-state index contributed by atoms with van der Waals surface area (Å²) in [5.74, 6) is 0.609. The van der Waals surface area contributed by atoms with Crippen LogP contribution in [0.3, 0.4) is 0 Å². The van der Waals surface area contributed by atoms with Crippen LogP contribution in [0.2, 0.25) is 0 Å². The van der Waals surface area contributed by atoms with Gasteiger partial charge in [-0.15, -0.1) is 0 Å². The second kappa shape index (κ2) is 11.4. The van der Waals surface area contributed by atoms with Crippen molar-refractivity contribution in [3.05, 3.63) is 112 Å². The van der Waals surface area contributed by atoms with E-state index in [9.17, 15) is 10.1 Å². The van der Waals surface area contributed by atoms with Crippen LogP contribution in [0, 0.1) is 11.3 Å². The van der Waals surface area contributed by atoms with Gasteiger partial charge in [0.25, 0.3) is 5.91 Å². The number of hydrogen-bond acceptors (Lipinski definition) is 4. The van der Waals surface area contributed by atoms with Crippen molar-refractivity contribution in [3.8, 4) is 17.6 Å². The molecule has 0 aromatic heterocycles. The van der Waals surface area contributed by atoms with Crippen LogP contribution >= 0.6 is 15.9 Å². The summed E-state index contributed by atoms with van der Waals surface area (Å²) in [4.78, 5) is 12.6. The summed E-state index contributed by atoms with van der Waals surface area (Å²) in [6, 6.07) is 29.4. The Morgan fingerprint density at radius 3 is 2.43 bits per heavy atom. The lowest BCUT2D eigenvalue weighted by Gasteiger charge is -2.13. The van der Waals surface area contributed by atoms with Crippen LogP contribution in [-0.2, 0) is 17.9 Å². The Morgan fingerprint density at radius 2 is 1.69 bits per heavy atom. The van der Waals surface area contributed by atoms with Gasteiger partial charge in [-0.2, -0.15) is 5.26 Å². The summed E-state index contributed by atoms with van der Waals surface area (Å²) in [7, 11) is 1.55. The van der Waals surface area contributed by atoms with E-state index in [2.05, 4.69) is 45.5 Å². The number of benzene rings is 4. The molecule has 0 heterocycles. The smallest absolute Gasteiger partial charge is 0.262 e. The third-order valence-electron chi connectivity index (χ3n) is 5.45. The van der Waals surface area contributed by atoms with Crippen molar-refractivity contribution in [2.24, 2.45) is 0 Å². The zero-order valence-corrected chi connectivity index (χ0v) is 20.7. The predicted octanol–water partition coefficient (Wildman–Crippen LogP) is 6.41. The maximum Gasteiger partial charge on any atom is 0.262 e. The van der Waals surface area contributed by atoms with E-state index in [0.717, 1.165) is 16.5 Å². The third kappa shape index (κ3) is 6.08. The lowest BCUT2D eigenvalue weighted by molar-refractivity contribution is -0.117. The number of nitrogens with one attached hydrogen (secondary N) is 1. The number of ether oxygens (including phenoxy) is 2. The number of nitrogens with zero attached hydrogens (tertiary/aromatic N) is 1. The number of amides is 1. The molecular weight excluding hydrogens is 504 g/mol. The van der Waals surface area contributed by atoms with Crippen LogP contribution in [0.25, 0.3) is 16.8 Å². The SMILES string of the molecule is COc1cc(/C=C(/C#N)C(=O)NCc2ccccc2)c(Br)cc1OCc1ccc2ccccc2c1. The van der Waals surface area contributed by atoms with Crippen LogP contribution in [0.1, 0.15) is 16.7 Å². The van der Waals surface area contributed by atoms with E-state index in [1.807, 2.05) is 54.6 Å². The van der Waals surface area contributed by atoms with Gasteiger partial charge in [-0.05, 0) is 51.7 Å². The third-order valence-corrected chi connectivity index (χ3v) is 6.14. The van der Waals surface area contributed by atoms with Crippen molar-refractivity contribution >= 4 is 38.7 Å². The van der Waals surface area contributed by atoms with E-state index >= 15 is 0 Å². The highest BCUT2D eigenvalue weighted by molar-refractivity contribution is 9.10. The summed E-state index contributed by atoms with van der Waals surface area (Å²) in [5, 5.41) is 14.7. The van der Waals surface area contributed by atoms with Gasteiger partial charge in [0.1, 0.15) is 18.2 Å². The average Bonchev–Trinajstić information content (AvgIpc) is 2.90. The number of carbonyl (C=O) groups is 1. The first-order valence-electron chi connectivity index (χ1n) is 11.0. The molecule has 0 bridgehead atoms. The van der Waals surface area contributed by atoms with Crippen molar-refractivity contribution in [3.63, 3.8) is 0 Å². The second-order valence-electron chi connectivity index (χ2n) is 7.83. The molecule has 0 aliphatic rings. The molecule has 0 saturated carbocycles. The number of carbonyl (C=O) groups excluding carboxylic acids is 1. The fraction of sp³-hybridized carbons (Fsp3) is 0.103. The van der Waals surface area contributed by atoms with E-state index in [0.29, 0.717) is 34.7 Å². The average molecular weight is 527 g/mol. The molecule has 4 aromatic rings. The molecule has 0 aliphatic carbocycles. The summed E-state index contributed by atoms with van der Waals surface area (Å²) in [5.41, 5.74) is 2.61. The first-order valence-corrected chi connectivity index (χ1v) is 11.8. The van der Waals surface area contributed by atoms with Gasteiger partial charge < -0.3 is 14.8 Å². The monoisotopic (exact) mass is 526 g/mol. The standard InChI is InChI=1S/C29H23BrN2O3/c1-34-27-15-24(14-25(17-31)29(33)32-18-20-7-3-2-4-8-20)26(30)16-28(27)35-19-21-11-12-22-9-5-6-10-23(22)13-21/h2-16H,18-19H2,1H3,(H,32,33)/b25-14-. The molecule has 4 rings (SSSR count). The molecule has 1 amide bonds. The highest BCUT2D eigenvalue weighted by atomic mass is 79.9. The molecule has 0 fully saturated rings. The largest absolute Gasteiger partial charge is 0.493 e. The molecule has 0 atom stereocenters. The first-order chi connectivity index (χ1) is 17.1. The van der Waals surface area contributed by atoms with Gasteiger partial charge in [-0.3, -0.25) is 4.79 Å². The maximum absolute atomic E-state index is 12.6. The summed E-state index contributed by atoms with van der Waals surface area (Å²) in [6.45, 7) is 0.707. The first kappa shape index (κ1) is 24.1.